The average molecular weight is 225 g/mol. The predicted octanol–water partition coefficient (Wildman–Crippen LogP) is 1.08. The second kappa shape index (κ2) is 5.18. The van der Waals surface area contributed by atoms with Crippen molar-refractivity contribution in [3.05, 3.63) is 11.1 Å². The summed E-state index contributed by atoms with van der Waals surface area (Å²) < 4.78 is 3.80. The van der Waals surface area contributed by atoms with Crippen LogP contribution in [0.1, 0.15) is 37.8 Å². The molecule has 1 aromatic rings. The number of nitrogens with zero attached hydrogens (tertiary/aromatic N) is 3. The topological polar surface area (TPSA) is 76.2 Å². The maximum Gasteiger partial charge on any atom is 0.164 e. The minimum absolute atomic E-state index is 0.395. The van der Waals surface area contributed by atoms with Gasteiger partial charge in [-0.05, 0) is 24.4 Å². The lowest BCUT2D eigenvalue weighted by atomic mass is 9.96. The Kier molecular flexibility index (Phi) is 3.63. The molecule has 0 spiro atoms. The van der Waals surface area contributed by atoms with Gasteiger partial charge in [-0.25, -0.2) is 5.84 Å². The molecule has 0 radical (unpaired) electrons. The van der Waals surface area contributed by atoms with Crippen LogP contribution in [0.4, 0.5) is 0 Å². The smallest absolute Gasteiger partial charge is 0.164 e. The molecule has 0 aliphatic heterocycles. The quantitative estimate of drug-likeness (QED) is 0.342. The van der Waals surface area contributed by atoms with Gasteiger partial charge in [-0.3, -0.25) is 4.99 Å². The molecule has 0 saturated heterocycles. The van der Waals surface area contributed by atoms with Crippen LogP contribution < -0.4 is 11.3 Å². The highest BCUT2D eigenvalue weighted by Gasteiger charge is 2.14. The van der Waals surface area contributed by atoms with Crippen LogP contribution in [0.15, 0.2) is 10.4 Å². The zero-order chi connectivity index (χ0) is 10.5. The van der Waals surface area contributed by atoms with E-state index in [0.29, 0.717) is 11.9 Å². The number of nitrogens with one attached hydrogen (secondary N) is 1. The molecule has 3 N–H and O–H groups in total. The van der Waals surface area contributed by atoms with E-state index in [1.807, 2.05) is 5.38 Å². The number of hydrogen-bond donors (Lipinski definition) is 2. The fourth-order valence-corrected chi connectivity index (χ4v) is 2.28. The molecule has 15 heavy (non-hydrogen) atoms. The number of aliphatic imine (C=N–C) groups is 1. The first kappa shape index (κ1) is 10.5. The van der Waals surface area contributed by atoms with E-state index < -0.39 is 0 Å². The molecule has 0 aromatic carbocycles. The molecule has 0 unspecified atom stereocenters. The van der Waals surface area contributed by atoms with Gasteiger partial charge in [-0.15, -0.1) is 5.10 Å². The highest BCUT2D eigenvalue weighted by Crippen LogP contribution is 2.20. The van der Waals surface area contributed by atoms with Gasteiger partial charge in [0.15, 0.2) is 5.84 Å². The summed E-state index contributed by atoms with van der Waals surface area (Å²) >= 11 is 1.31. The largest absolute Gasteiger partial charge is 0.307 e. The normalized spacial score (nSPS) is 19.1. The standard InChI is InChI=1S/C9H15N5S/c10-12-9(8-6-15-14-13-8)11-7-4-2-1-3-5-7/h6-7H,1-5,10H2,(H,11,12). The molecule has 0 atom stereocenters. The van der Waals surface area contributed by atoms with E-state index >= 15 is 0 Å². The van der Waals surface area contributed by atoms with Crippen molar-refractivity contribution in [3.8, 4) is 0 Å². The van der Waals surface area contributed by atoms with Crippen LogP contribution >= 0.6 is 11.5 Å². The van der Waals surface area contributed by atoms with Gasteiger partial charge >= 0.3 is 0 Å². The van der Waals surface area contributed by atoms with Crippen molar-refractivity contribution >= 4 is 17.4 Å². The minimum atomic E-state index is 0.395. The first-order valence-corrected chi connectivity index (χ1v) is 6.05. The molecule has 5 nitrogen and oxygen atoms in total. The van der Waals surface area contributed by atoms with Crippen LogP contribution in [-0.2, 0) is 0 Å². The van der Waals surface area contributed by atoms with Crippen molar-refractivity contribution < 1.29 is 0 Å². The number of hydrogen-bond acceptors (Lipinski definition) is 5. The van der Waals surface area contributed by atoms with E-state index in [-0.39, 0.29) is 0 Å². The Bertz CT molecular complexity index is 315. The maximum absolute atomic E-state index is 5.44. The third-order valence-corrected chi connectivity index (χ3v) is 3.13. The zero-order valence-corrected chi connectivity index (χ0v) is 9.33. The van der Waals surface area contributed by atoms with Crippen LogP contribution in [0.25, 0.3) is 0 Å². The van der Waals surface area contributed by atoms with Crippen molar-refractivity contribution in [3.63, 3.8) is 0 Å². The summed E-state index contributed by atoms with van der Waals surface area (Å²) in [7, 11) is 0. The molecular formula is C9H15N5S. The Morgan fingerprint density at radius 2 is 2.27 bits per heavy atom. The maximum atomic E-state index is 5.44. The number of aromatic nitrogens is 2. The first-order valence-electron chi connectivity index (χ1n) is 5.22. The minimum Gasteiger partial charge on any atom is -0.307 e. The van der Waals surface area contributed by atoms with Crippen LogP contribution in [0.2, 0.25) is 0 Å². The molecule has 82 valence electrons. The van der Waals surface area contributed by atoms with Crippen LogP contribution in [0, 0.1) is 0 Å². The van der Waals surface area contributed by atoms with Crippen molar-refractivity contribution in [2.45, 2.75) is 38.1 Å². The summed E-state index contributed by atoms with van der Waals surface area (Å²) in [5.74, 6) is 6.10. The lowest BCUT2D eigenvalue weighted by Gasteiger charge is -2.18. The first-order chi connectivity index (χ1) is 7.40. The molecule has 1 aromatic heterocycles. The van der Waals surface area contributed by atoms with Gasteiger partial charge in [0.25, 0.3) is 0 Å². The molecule has 1 aliphatic rings. The fraction of sp³-hybridized carbons (Fsp3) is 0.667. The van der Waals surface area contributed by atoms with Crippen molar-refractivity contribution in [1.29, 1.82) is 0 Å². The van der Waals surface area contributed by atoms with Crippen molar-refractivity contribution in [2.75, 3.05) is 0 Å². The lowest BCUT2D eigenvalue weighted by Crippen LogP contribution is -2.33. The average Bonchev–Trinajstić information content (AvgIpc) is 2.81. The van der Waals surface area contributed by atoms with E-state index in [9.17, 15) is 0 Å². The van der Waals surface area contributed by atoms with Gasteiger partial charge in [-0.1, -0.05) is 23.8 Å². The van der Waals surface area contributed by atoms with E-state index in [4.69, 9.17) is 5.84 Å². The summed E-state index contributed by atoms with van der Waals surface area (Å²) in [5.41, 5.74) is 3.35. The van der Waals surface area contributed by atoms with Gasteiger partial charge in [0.2, 0.25) is 0 Å². The Morgan fingerprint density at radius 3 is 2.87 bits per heavy atom. The van der Waals surface area contributed by atoms with Gasteiger partial charge in [0.1, 0.15) is 5.69 Å². The molecule has 6 heteroatoms. The fourth-order valence-electron chi connectivity index (χ4n) is 1.84. The Labute approximate surface area is 92.9 Å². The monoisotopic (exact) mass is 225 g/mol. The van der Waals surface area contributed by atoms with Gasteiger partial charge < -0.3 is 5.43 Å². The van der Waals surface area contributed by atoms with Gasteiger partial charge in [0, 0.05) is 5.38 Å². The summed E-state index contributed by atoms with van der Waals surface area (Å²) in [4.78, 5) is 4.58. The molecule has 1 aliphatic carbocycles. The Hall–Kier alpha value is -1.01. The number of amidine groups is 1. The van der Waals surface area contributed by atoms with E-state index in [2.05, 4.69) is 20.0 Å². The summed E-state index contributed by atoms with van der Waals surface area (Å²) in [6, 6.07) is 0.395. The van der Waals surface area contributed by atoms with Crippen LogP contribution in [0.3, 0.4) is 0 Å². The number of rotatable bonds is 2. The predicted molar refractivity (Wildman–Crippen MR) is 60.6 cm³/mol. The molecule has 0 bridgehead atoms. The highest BCUT2D eigenvalue weighted by molar-refractivity contribution is 7.03. The summed E-state index contributed by atoms with van der Waals surface area (Å²) in [6.07, 6.45) is 6.17. The molecule has 1 heterocycles. The Balaban J connectivity index is 2.08. The molecule has 1 fully saturated rings. The third-order valence-electron chi connectivity index (χ3n) is 2.63. The second-order valence-electron chi connectivity index (χ2n) is 3.70. The third kappa shape index (κ3) is 2.73. The Morgan fingerprint density at radius 1 is 1.47 bits per heavy atom. The zero-order valence-electron chi connectivity index (χ0n) is 8.52. The molecule has 0 amide bonds. The molecule has 2 rings (SSSR count). The second-order valence-corrected chi connectivity index (χ2v) is 4.31. The van der Waals surface area contributed by atoms with E-state index in [1.54, 1.807) is 0 Å². The lowest BCUT2D eigenvalue weighted by molar-refractivity contribution is 0.442. The van der Waals surface area contributed by atoms with Crippen LogP contribution in [-0.4, -0.2) is 21.5 Å². The van der Waals surface area contributed by atoms with Gasteiger partial charge in [0.05, 0.1) is 6.04 Å². The summed E-state index contributed by atoms with van der Waals surface area (Å²) in [6.45, 7) is 0. The summed E-state index contributed by atoms with van der Waals surface area (Å²) in [5, 5.41) is 5.80. The van der Waals surface area contributed by atoms with E-state index in [0.717, 1.165) is 18.5 Å². The van der Waals surface area contributed by atoms with E-state index in [1.165, 1.54) is 30.8 Å². The van der Waals surface area contributed by atoms with Crippen molar-refractivity contribution in [1.82, 2.24) is 15.0 Å². The number of hydrazine groups is 1. The SMILES string of the molecule is NNC(=NC1CCCCC1)c1csnn1. The van der Waals surface area contributed by atoms with Crippen LogP contribution in [0.5, 0.6) is 0 Å². The highest BCUT2D eigenvalue weighted by atomic mass is 32.1. The van der Waals surface area contributed by atoms with Crippen molar-refractivity contribution in [2.24, 2.45) is 10.8 Å². The van der Waals surface area contributed by atoms with Gasteiger partial charge in [-0.2, -0.15) is 0 Å². The molecular weight excluding hydrogens is 210 g/mol. The molecule has 1 saturated carbocycles. The number of nitrogens with two attached hydrogens (primary N) is 1.